The smallest absolute Gasteiger partial charge is 0.337 e. The minimum Gasteiger partial charge on any atom is -0.465 e. The van der Waals surface area contributed by atoms with Crippen molar-refractivity contribution < 1.29 is 19.1 Å². The van der Waals surface area contributed by atoms with Crippen molar-refractivity contribution in [1.29, 1.82) is 0 Å². The first-order valence-electron chi connectivity index (χ1n) is 11.8. The van der Waals surface area contributed by atoms with Gasteiger partial charge in [-0.15, -0.1) is 0 Å². The van der Waals surface area contributed by atoms with Crippen molar-refractivity contribution in [2.45, 2.75) is 50.9 Å². The maximum atomic E-state index is 13.4. The van der Waals surface area contributed by atoms with E-state index in [4.69, 9.17) is 9.47 Å². The van der Waals surface area contributed by atoms with Gasteiger partial charge >= 0.3 is 5.97 Å². The van der Waals surface area contributed by atoms with Gasteiger partial charge in [-0.25, -0.2) is 4.79 Å². The summed E-state index contributed by atoms with van der Waals surface area (Å²) < 4.78 is 12.9. The molecule has 2 aliphatic heterocycles. The Morgan fingerprint density at radius 1 is 1.00 bits per heavy atom. The van der Waals surface area contributed by atoms with Crippen LogP contribution in [-0.4, -0.2) is 53.8 Å². The molecule has 2 aliphatic rings. The molecule has 2 fully saturated rings. The molecule has 2 unspecified atom stereocenters. The Kier molecular flexibility index (Phi) is 6.18. The Labute approximate surface area is 194 Å². The number of esters is 1. The number of rotatable bonds is 7. The number of aromatic nitrogens is 1. The molecule has 6 heteroatoms. The van der Waals surface area contributed by atoms with E-state index in [2.05, 4.69) is 16.7 Å². The van der Waals surface area contributed by atoms with Crippen LogP contribution in [0.2, 0.25) is 0 Å². The van der Waals surface area contributed by atoms with Gasteiger partial charge in [0.15, 0.2) is 0 Å². The summed E-state index contributed by atoms with van der Waals surface area (Å²) in [6, 6.07) is 15.8. The lowest BCUT2D eigenvalue weighted by Gasteiger charge is -2.32. The summed E-state index contributed by atoms with van der Waals surface area (Å²) in [6.07, 6.45) is 7.53. The van der Waals surface area contributed by atoms with Crippen LogP contribution in [0.1, 0.15) is 52.0 Å². The molecule has 3 heterocycles. The molecule has 3 aromatic rings. The summed E-state index contributed by atoms with van der Waals surface area (Å²) in [5, 5.41) is 1.03. The highest BCUT2D eigenvalue weighted by atomic mass is 16.5. The second kappa shape index (κ2) is 9.40. The zero-order valence-electron chi connectivity index (χ0n) is 19.0. The largest absolute Gasteiger partial charge is 0.465 e. The lowest BCUT2D eigenvalue weighted by molar-refractivity contribution is -0.0303. The fourth-order valence-corrected chi connectivity index (χ4v) is 5.09. The highest BCUT2D eigenvalue weighted by Crippen LogP contribution is 2.29. The van der Waals surface area contributed by atoms with E-state index in [9.17, 15) is 9.59 Å². The Morgan fingerprint density at radius 2 is 1.73 bits per heavy atom. The van der Waals surface area contributed by atoms with Crippen LogP contribution in [0.15, 0.2) is 54.7 Å². The van der Waals surface area contributed by atoms with Gasteiger partial charge in [0.05, 0.1) is 30.4 Å². The minimum atomic E-state index is -0.309. The molecule has 1 amide bonds. The van der Waals surface area contributed by atoms with Gasteiger partial charge in [-0.2, -0.15) is 0 Å². The fourth-order valence-electron chi connectivity index (χ4n) is 5.09. The number of amides is 1. The molecule has 0 aliphatic carbocycles. The molecule has 0 spiro atoms. The summed E-state index contributed by atoms with van der Waals surface area (Å²) in [6.45, 7) is 2.26. The summed E-state index contributed by atoms with van der Waals surface area (Å²) in [5.74, 6) is -0.188. The van der Waals surface area contributed by atoms with E-state index in [0.29, 0.717) is 18.7 Å². The van der Waals surface area contributed by atoms with Crippen molar-refractivity contribution in [2.24, 2.45) is 0 Å². The lowest BCUT2D eigenvalue weighted by Crippen LogP contribution is -2.45. The number of ether oxygens (including phenoxy) is 2. The summed E-state index contributed by atoms with van der Waals surface area (Å²) in [7, 11) is 1.39. The van der Waals surface area contributed by atoms with E-state index < -0.39 is 0 Å². The molecule has 172 valence electrons. The number of unbranched alkanes of at least 4 members (excludes halogenated alkanes) is 1. The van der Waals surface area contributed by atoms with Crippen LogP contribution in [0.25, 0.3) is 10.9 Å². The van der Waals surface area contributed by atoms with E-state index in [1.807, 2.05) is 47.5 Å². The Hall–Kier alpha value is -3.12. The maximum absolute atomic E-state index is 13.4. The Morgan fingerprint density at radius 3 is 2.45 bits per heavy atom. The van der Waals surface area contributed by atoms with Crippen LogP contribution in [0.4, 0.5) is 0 Å². The van der Waals surface area contributed by atoms with Crippen LogP contribution in [0.5, 0.6) is 0 Å². The molecular weight excluding hydrogens is 416 g/mol. The summed E-state index contributed by atoms with van der Waals surface area (Å²) in [5.41, 5.74) is 3.69. The SMILES string of the molecule is COC(=O)c1ccc(CCCCn2cc(C(=O)N3CC4CCC(C3)O4)c3ccccc32)cc1. The standard InChI is InChI=1S/C27H30N2O4/c1-32-27(31)20-11-9-19(10-12-20)6-4-5-15-28-18-24(23-7-2-3-8-25(23)28)26(30)29-16-21-13-14-22(17-29)33-21/h2-3,7-12,18,21-22H,4-6,13-17H2,1H3. The molecule has 0 N–H and O–H groups in total. The number of aryl methyl sites for hydroxylation is 2. The number of carbonyl (C=O) groups is 2. The van der Waals surface area contributed by atoms with Gasteiger partial charge < -0.3 is 18.9 Å². The van der Waals surface area contributed by atoms with Crippen LogP contribution in [0, 0.1) is 0 Å². The second-order valence-corrected chi connectivity index (χ2v) is 9.07. The first kappa shape index (κ1) is 21.7. The molecule has 6 nitrogen and oxygen atoms in total. The normalized spacial score (nSPS) is 19.7. The van der Waals surface area contributed by atoms with Gasteiger partial charge in [-0.1, -0.05) is 30.3 Å². The molecule has 0 saturated carbocycles. The van der Waals surface area contributed by atoms with E-state index in [1.165, 1.54) is 12.7 Å². The van der Waals surface area contributed by atoms with Gasteiger partial charge in [-0.05, 0) is 55.9 Å². The van der Waals surface area contributed by atoms with Gasteiger partial charge in [0.25, 0.3) is 5.91 Å². The second-order valence-electron chi connectivity index (χ2n) is 9.07. The molecule has 2 aromatic carbocycles. The quantitative estimate of drug-likeness (QED) is 0.397. The highest BCUT2D eigenvalue weighted by molar-refractivity contribution is 6.07. The zero-order valence-corrected chi connectivity index (χ0v) is 19.0. The molecule has 1 aromatic heterocycles. The third-order valence-electron chi connectivity index (χ3n) is 6.84. The van der Waals surface area contributed by atoms with Crippen molar-refractivity contribution in [1.82, 2.24) is 9.47 Å². The number of para-hydroxylation sites is 1. The average Bonchev–Trinajstić information content (AvgIpc) is 3.40. The molecule has 5 rings (SSSR count). The average molecular weight is 447 g/mol. The monoisotopic (exact) mass is 446 g/mol. The first-order chi connectivity index (χ1) is 16.1. The van der Waals surface area contributed by atoms with Gasteiger partial charge in [0, 0.05) is 36.7 Å². The topological polar surface area (TPSA) is 60.8 Å². The number of carbonyl (C=O) groups excluding carboxylic acids is 2. The Balaban J connectivity index is 1.23. The highest BCUT2D eigenvalue weighted by Gasteiger charge is 2.36. The number of nitrogens with zero attached hydrogens (tertiary/aromatic N) is 2. The minimum absolute atomic E-state index is 0.121. The van der Waals surface area contributed by atoms with E-state index in [1.54, 1.807) is 0 Å². The van der Waals surface area contributed by atoms with Crippen LogP contribution in [-0.2, 0) is 22.4 Å². The molecule has 2 bridgehead atoms. The molecule has 2 saturated heterocycles. The maximum Gasteiger partial charge on any atom is 0.337 e. The van der Waals surface area contributed by atoms with Crippen molar-refractivity contribution in [3.8, 4) is 0 Å². The van der Waals surface area contributed by atoms with Crippen molar-refractivity contribution in [3.63, 3.8) is 0 Å². The molecule has 2 atom stereocenters. The van der Waals surface area contributed by atoms with Crippen molar-refractivity contribution in [3.05, 3.63) is 71.4 Å². The zero-order chi connectivity index (χ0) is 22.8. The number of fused-ring (bicyclic) bond motifs is 3. The first-order valence-corrected chi connectivity index (χ1v) is 11.8. The molecular formula is C27H30N2O4. The van der Waals surface area contributed by atoms with Crippen LogP contribution in [0.3, 0.4) is 0 Å². The van der Waals surface area contributed by atoms with E-state index in [0.717, 1.165) is 55.1 Å². The van der Waals surface area contributed by atoms with Gasteiger partial charge in [-0.3, -0.25) is 4.79 Å². The molecule has 0 radical (unpaired) electrons. The Bertz CT molecular complexity index is 1140. The number of benzene rings is 2. The lowest BCUT2D eigenvalue weighted by atomic mass is 10.1. The molecule has 33 heavy (non-hydrogen) atoms. The number of likely N-dealkylation sites (tertiary alicyclic amines) is 1. The third kappa shape index (κ3) is 4.53. The van der Waals surface area contributed by atoms with Crippen LogP contribution < -0.4 is 0 Å². The number of morpholine rings is 1. The predicted molar refractivity (Wildman–Crippen MR) is 126 cm³/mol. The number of hydrogen-bond donors (Lipinski definition) is 0. The third-order valence-corrected chi connectivity index (χ3v) is 6.84. The fraction of sp³-hybridized carbons (Fsp3) is 0.407. The van der Waals surface area contributed by atoms with Gasteiger partial charge in [0.1, 0.15) is 0 Å². The predicted octanol–water partition coefficient (Wildman–Crippen LogP) is 4.45. The van der Waals surface area contributed by atoms with E-state index >= 15 is 0 Å². The van der Waals surface area contributed by atoms with Crippen molar-refractivity contribution >= 4 is 22.8 Å². The summed E-state index contributed by atoms with van der Waals surface area (Å²) >= 11 is 0. The van der Waals surface area contributed by atoms with Crippen LogP contribution >= 0.6 is 0 Å². The number of hydrogen-bond acceptors (Lipinski definition) is 4. The van der Waals surface area contributed by atoms with Crippen molar-refractivity contribution in [2.75, 3.05) is 20.2 Å². The summed E-state index contributed by atoms with van der Waals surface area (Å²) in [4.78, 5) is 26.9. The van der Waals surface area contributed by atoms with Gasteiger partial charge in [0.2, 0.25) is 0 Å². The van der Waals surface area contributed by atoms with E-state index in [-0.39, 0.29) is 24.1 Å². The number of methoxy groups -OCH3 is 1.